The fourth-order valence-corrected chi connectivity index (χ4v) is 4.15. The SMILES string of the molecule is CC(=O)N(CN1C(=O)[C@@H]2CC[C@@](C)(C1=O)C2(C)C)c1ccccc1. The van der Waals surface area contributed by atoms with E-state index in [0.717, 1.165) is 12.8 Å². The number of fused-ring (bicyclic) bond motifs is 2. The van der Waals surface area contributed by atoms with Crippen LogP contribution in [0.25, 0.3) is 0 Å². The molecular formula is C19H24N2O3. The van der Waals surface area contributed by atoms with Gasteiger partial charge in [0, 0.05) is 18.5 Å². The maximum atomic E-state index is 13.1. The minimum Gasteiger partial charge on any atom is -0.294 e. The van der Waals surface area contributed by atoms with Crippen molar-refractivity contribution in [2.24, 2.45) is 16.7 Å². The number of para-hydroxylation sites is 1. The average Bonchev–Trinajstić information content (AvgIpc) is 2.72. The molecule has 0 unspecified atom stereocenters. The van der Waals surface area contributed by atoms with Crippen LogP contribution in [0.1, 0.15) is 40.5 Å². The zero-order chi connectivity index (χ0) is 17.7. The van der Waals surface area contributed by atoms with E-state index < -0.39 is 5.41 Å². The predicted molar refractivity (Wildman–Crippen MR) is 90.9 cm³/mol. The standard InChI is InChI=1S/C19H24N2O3/c1-13(22)20(14-8-6-5-7-9-14)12-21-16(23)15-10-11-19(4,17(21)24)18(15,2)3/h5-9,15H,10-12H2,1-4H3/t15-,19-/m0/s1. The molecule has 1 heterocycles. The molecule has 2 atom stereocenters. The number of rotatable bonds is 3. The van der Waals surface area contributed by atoms with Gasteiger partial charge >= 0.3 is 0 Å². The lowest BCUT2D eigenvalue weighted by Gasteiger charge is -2.48. The summed E-state index contributed by atoms with van der Waals surface area (Å²) in [7, 11) is 0. The molecule has 2 fully saturated rings. The topological polar surface area (TPSA) is 57.7 Å². The quantitative estimate of drug-likeness (QED) is 0.802. The molecule has 0 aromatic heterocycles. The summed E-state index contributed by atoms with van der Waals surface area (Å²) in [6.45, 7) is 7.41. The second-order valence-electron chi connectivity index (χ2n) is 7.64. The van der Waals surface area contributed by atoms with Gasteiger partial charge in [-0.05, 0) is 30.4 Å². The molecular weight excluding hydrogens is 304 g/mol. The first-order valence-electron chi connectivity index (χ1n) is 8.39. The molecule has 0 N–H and O–H groups in total. The molecule has 0 spiro atoms. The number of carbonyl (C=O) groups is 3. The Balaban J connectivity index is 1.94. The van der Waals surface area contributed by atoms with Crippen molar-refractivity contribution in [1.82, 2.24) is 4.90 Å². The molecule has 0 radical (unpaired) electrons. The molecule has 5 nitrogen and oxygen atoms in total. The lowest BCUT2D eigenvalue weighted by molar-refractivity contribution is -0.167. The second kappa shape index (κ2) is 5.43. The number of nitrogens with zero attached hydrogens (tertiary/aromatic N) is 2. The molecule has 1 aromatic carbocycles. The molecule has 24 heavy (non-hydrogen) atoms. The maximum absolute atomic E-state index is 13.1. The molecule has 1 saturated carbocycles. The van der Waals surface area contributed by atoms with E-state index in [9.17, 15) is 14.4 Å². The van der Waals surface area contributed by atoms with Crippen molar-refractivity contribution in [1.29, 1.82) is 0 Å². The Morgan fingerprint density at radius 3 is 2.42 bits per heavy atom. The van der Waals surface area contributed by atoms with E-state index in [1.165, 1.54) is 16.7 Å². The highest BCUT2D eigenvalue weighted by atomic mass is 16.2. The molecule has 2 bridgehead atoms. The third-order valence-electron chi connectivity index (χ3n) is 6.24. The number of amides is 3. The summed E-state index contributed by atoms with van der Waals surface area (Å²) in [5, 5.41) is 0. The molecule has 3 rings (SSSR count). The lowest BCUT2D eigenvalue weighted by atomic mass is 9.62. The number of likely N-dealkylation sites (tertiary alicyclic amines) is 1. The summed E-state index contributed by atoms with van der Waals surface area (Å²) in [5.74, 6) is -0.662. The van der Waals surface area contributed by atoms with Crippen LogP contribution >= 0.6 is 0 Å². The van der Waals surface area contributed by atoms with Gasteiger partial charge in [0.05, 0.1) is 5.41 Å². The van der Waals surface area contributed by atoms with Gasteiger partial charge in [0.2, 0.25) is 17.7 Å². The van der Waals surface area contributed by atoms with Crippen molar-refractivity contribution in [3.05, 3.63) is 30.3 Å². The highest BCUT2D eigenvalue weighted by molar-refractivity contribution is 6.05. The maximum Gasteiger partial charge on any atom is 0.237 e. The Morgan fingerprint density at radius 2 is 1.83 bits per heavy atom. The van der Waals surface area contributed by atoms with E-state index in [-0.39, 0.29) is 35.7 Å². The highest BCUT2D eigenvalue weighted by Gasteiger charge is 2.64. The van der Waals surface area contributed by atoms with Gasteiger partial charge in [0.25, 0.3) is 0 Å². The van der Waals surface area contributed by atoms with Crippen molar-refractivity contribution < 1.29 is 14.4 Å². The number of imide groups is 1. The smallest absolute Gasteiger partial charge is 0.237 e. The number of carbonyl (C=O) groups excluding carboxylic acids is 3. The predicted octanol–water partition coefficient (Wildman–Crippen LogP) is 2.81. The van der Waals surface area contributed by atoms with Gasteiger partial charge in [0.1, 0.15) is 6.67 Å². The summed E-state index contributed by atoms with van der Waals surface area (Å²) >= 11 is 0. The van der Waals surface area contributed by atoms with Gasteiger partial charge < -0.3 is 0 Å². The summed E-state index contributed by atoms with van der Waals surface area (Å²) in [6.07, 6.45) is 1.45. The molecule has 1 saturated heterocycles. The zero-order valence-electron chi connectivity index (χ0n) is 14.7. The number of piperidine rings is 1. The molecule has 1 aliphatic heterocycles. The van der Waals surface area contributed by atoms with Crippen LogP contribution in [-0.4, -0.2) is 29.3 Å². The van der Waals surface area contributed by atoms with Crippen molar-refractivity contribution in [2.75, 3.05) is 11.6 Å². The Hall–Kier alpha value is -2.17. The van der Waals surface area contributed by atoms with Crippen LogP contribution in [0.3, 0.4) is 0 Å². The highest BCUT2D eigenvalue weighted by Crippen LogP contribution is 2.60. The second-order valence-corrected chi connectivity index (χ2v) is 7.64. The van der Waals surface area contributed by atoms with Crippen LogP contribution in [0, 0.1) is 16.7 Å². The Labute approximate surface area is 142 Å². The minimum absolute atomic E-state index is 0.0147. The summed E-state index contributed by atoms with van der Waals surface area (Å²) in [5.41, 5.74) is -0.205. The fraction of sp³-hybridized carbons (Fsp3) is 0.526. The largest absolute Gasteiger partial charge is 0.294 e. The van der Waals surface area contributed by atoms with Crippen LogP contribution in [-0.2, 0) is 14.4 Å². The minimum atomic E-state index is -0.551. The van der Waals surface area contributed by atoms with E-state index in [0.29, 0.717) is 5.69 Å². The van der Waals surface area contributed by atoms with Crippen molar-refractivity contribution in [3.8, 4) is 0 Å². The zero-order valence-corrected chi connectivity index (χ0v) is 14.7. The molecule has 5 heteroatoms. The molecule has 128 valence electrons. The Kier molecular flexibility index (Phi) is 3.78. The van der Waals surface area contributed by atoms with Crippen molar-refractivity contribution in [3.63, 3.8) is 0 Å². The number of hydrogen-bond donors (Lipinski definition) is 0. The van der Waals surface area contributed by atoms with Crippen molar-refractivity contribution in [2.45, 2.75) is 40.5 Å². The van der Waals surface area contributed by atoms with Crippen LogP contribution in [0.5, 0.6) is 0 Å². The first-order chi connectivity index (χ1) is 11.2. The Morgan fingerprint density at radius 1 is 1.21 bits per heavy atom. The van der Waals surface area contributed by atoms with Gasteiger partial charge in [-0.3, -0.25) is 24.2 Å². The summed E-state index contributed by atoms with van der Waals surface area (Å²) in [6, 6.07) is 9.14. The number of benzene rings is 1. The fourth-order valence-electron chi connectivity index (χ4n) is 4.15. The number of hydrogen-bond acceptors (Lipinski definition) is 3. The number of anilines is 1. The molecule has 1 aliphatic carbocycles. The van der Waals surface area contributed by atoms with Crippen LogP contribution in [0.2, 0.25) is 0 Å². The van der Waals surface area contributed by atoms with Gasteiger partial charge in [-0.1, -0.05) is 39.0 Å². The van der Waals surface area contributed by atoms with Crippen LogP contribution in [0.4, 0.5) is 5.69 Å². The average molecular weight is 328 g/mol. The van der Waals surface area contributed by atoms with Crippen LogP contribution < -0.4 is 4.90 Å². The molecule has 2 aliphatic rings. The monoisotopic (exact) mass is 328 g/mol. The van der Waals surface area contributed by atoms with E-state index in [2.05, 4.69) is 0 Å². The lowest BCUT2D eigenvalue weighted by Crippen LogP contribution is -2.61. The van der Waals surface area contributed by atoms with Gasteiger partial charge in [0.15, 0.2) is 0 Å². The van der Waals surface area contributed by atoms with Gasteiger partial charge in [-0.15, -0.1) is 0 Å². The van der Waals surface area contributed by atoms with Gasteiger partial charge in [-0.25, -0.2) is 0 Å². The van der Waals surface area contributed by atoms with E-state index in [1.54, 1.807) is 12.1 Å². The van der Waals surface area contributed by atoms with E-state index in [1.807, 2.05) is 39.0 Å². The van der Waals surface area contributed by atoms with Gasteiger partial charge in [-0.2, -0.15) is 0 Å². The first kappa shape index (κ1) is 16.7. The third-order valence-corrected chi connectivity index (χ3v) is 6.24. The first-order valence-corrected chi connectivity index (χ1v) is 8.39. The summed E-state index contributed by atoms with van der Waals surface area (Å²) in [4.78, 5) is 40.9. The van der Waals surface area contributed by atoms with Crippen LogP contribution in [0.15, 0.2) is 30.3 Å². The normalized spacial score (nSPS) is 28.2. The van der Waals surface area contributed by atoms with E-state index in [4.69, 9.17) is 0 Å². The Bertz CT molecular complexity index is 698. The summed E-state index contributed by atoms with van der Waals surface area (Å²) < 4.78 is 0. The third kappa shape index (κ3) is 2.18. The van der Waals surface area contributed by atoms with E-state index >= 15 is 0 Å². The molecule has 1 aromatic rings. The van der Waals surface area contributed by atoms with Crippen molar-refractivity contribution >= 4 is 23.4 Å². The molecule has 3 amide bonds.